The largest absolute Gasteiger partial charge is 0.465 e. The molecule has 0 spiro atoms. The Hall–Kier alpha value is -0.570. The lowest BCUT2D eigenvalue weighted by molar-refractivity contribution is -0.151. The molecule has 4 rings (SSSR count). The van der Waals surface area contributed by atoms with Gasteiger partial charge in [-0.1, -0.05) is 0 Å². The molecule has 4 fully saturated rings. The van der Waals surface area contributed by atoms with E-state index in [4.69, 9.17) is 9.47 Å². The van der Waals surface area contributed by atoms with Crippen molar-refractivity contribution in [2.45, 2.75) is 57.2 Å². The minimum Gasteiger partial charge on any atom is -0.465 e. The third-order valence-corrected chi connectivity index (χ3v) is 5.45. The molecule has 3 saturated carbocycles. The molecule has 1 saturated heterocycles. The van der Waals surface area contributed by atoms with Gasteiger partial charge in [0.1, 0.15) is 0 Å². The molecule has 1 heterocycles. The number of carbonyl (C=O) groups excluding carboxylic acids is 1. The van der Waals surface area contributed by atoms with Gasteiger partial charge in [0.05, 0.1) is 24.7 Å². The highest BCUT2D eigenvalue weighted by Gasteiger charge is 2.46. The number of carbonyl (C=O) groups is 1. The van der Waals surface area contributed by atoms with Crippen molar-refractivity contribution in [2.24, 2.45) is 23.7 Å². The zero-order valence-electron chi connectivity index (χ0n) is 10.8. The lowest BCUT2D eigenvalue weighted by Gasteiger charge is -2.23. The summed E-state index contributed by atoms with van der Waals surface area (Å²) in [5.41, 5.74) is 0. The van der Waals surface area contributed by atoms with Crippen LogP contribution in [0.2, 0.25) is 0 Å². The van der Waals surface area contributed by atoms with Crippen molar-refractivity contribution >= 4 is 5.97 Å². The maximum atomic E-state index is 12.0. The second-order valence-electron chi connectivity index (χ2n) is 6.79. The minimum absolute atomic E-state index is 0.0434. The van der Waals surface area contributed by atoms with Crippen LogP contribution in [0.25, 0.3) is 0 Å². The number of ether oxygens (including phenoxy) is 2. The van der Waals surface area contributed by atoms with E-state index in [1.807, 2.05) is 0 Å². The number of epoxide rings is 1. The smallest absolute Gasteiger partial charge is 0.309 e. The average Bonchev–Trinajstić information content (AvgIpc) is 3.26. The number of esters is 1. The van der Waals surface area contributed by atoms with Gasteiger partial charge < -0.3 is 9.47 Å². The van der Waals surface area contributed by atoms with Gasteiger partial charge in [-0.05, 0) is 62.7 Å². The highest BCUT2D eigenvalue weighted by molar-refractivity contribution is 5.72. The molecule has 1 aliphatic heterocycles. The van der Waals surface area contributed by atoms with E-state index in [9.17, 15) is 4.79 Å². The molecule has 0 radical (unpaired) electrons. The molecule has 100 valence electrons. The highest BCUT2D eigenvalue weighted by Crippen LogP contribution is 2.51. The molecule has 0 aromatic rings. The Bertz CT molecular complexity index is 354. The first kappa shape index (κ1) is 11.3. The van der Waals surface area contributed by atoms with Crippen LogP contribution < -0.4 is 0 Å². The number of fused-ring (bicyclic) bond motifs is 2. The van der Waals surface area contributed by atoms with Gasteiger partial charge in [0, 0.05) is 0 Å². The van der Waals surface area contributed by atoms with Crippen LogP contribution in [-0.2, 0) is 14.3 Å². The highest BCUT2D eigenvalue weighted by atomic mass is 16.6. The van der Waals surface area contributed by atoms with E-state index in [0.29, 0.717) is 24.7 Å². The van der Waals surface area contributed by atoms with Crippen LogP contribution in [0.4, 0.5) is 0 Å². The molecule has 3 nitrogen and oxygen atoms in total. The van der Waals surface area contributed by atoms with E-state index in [0.717, 1.165) is 31.1 Å². The number of rotatable bonds is 3. The molecule has 6 atom stereocenters. The summed E-state index contributed by atoms with van der Waals surface area (Å²) < 4.78 is 11.0. The van der Waals surface area contributed by atoms with Gasteiger partial charge in [0.2, 0.25) is 0 Å². The quantitative estimate of drug-likeness (QED) is 0.570. The topological polar surface area (TPSA) is 38.8 Å². The lowest BCUT2D eigenvalue weighted by atomic mass is 9.88. The molecule has 18 heavy (non-hydrogen) atoms. The summed E-state index contributed by atoms with van der Waals surface area (Å²) >= 11 is 0. The lowest BCUT2D eigenvalue weighted by Crippen LogP contribution is -2.26. The fraction of sp³-hybridized carbons (Fsp3) is 0.933. The van der Waals surface area contributed by atoms with Crippen molar-refractivity contribution in [1.29, 1.82) is 0 Å². The van der Waals surface area contributed by atoms with Crippen LogP contribution in [0.5, 0.6) is 0 Å². The van der Waals surface area contributed by atoms with Crippen LogP contribution in [0.15, 0.2) is 0 Å². The summed E-state index contributed by atoms with van der Waals surface area (Å²) in [5.74, 6) is 2.80. The van der Waals surface area contributed by atoms with Crippen LogP contribution in [-0.4, -0.2) is 24.8 Å². The standard InChI is InChI=1S/C15H22O3/c16-15(11-3-4-13-14(7-11)18-13)17-8-9-1-2-10-6-12(10)5-9/h9-14H,1-8H2. The Morgan fingerprint density at radius 1 is 1.00 bits per heavy atom. The SMILES string of the molecule is O=C(OCC1CCC2CC2C1)C1CCC2OC2C1. The van der Waals surface area contributed by atoms with Crippen molar-refractivity contribution in [3.8, 4) is 0 Å². The Balaban J connectivity index is 1.23. The normalized spacial score (nSPS) is 48.9. The maximum Gasteiger partial charge on any atom is 0.309 e. The summed E-state index contributed by atoms with van der Waals surface area (Å²) in [6.45, 7) is 0.674. The van der Waals surface area contributed by atoms with Gasteiger partial charge in [-0.15, -0.1) is 0 Å². The van der Waals surface area contributed by atoms with Crippen LogP contribution >= 0.6 is 0 Å². The molecule has 0 N–H and O–H groups in total. The van der Waals surface area contributed by atoms with Gasteiger partial charge in [0.15, 0.2) is 0 Å². The molecular weight excluding hydrogens is 228 g/mol. The monoisotopic (exact) mass is 250 g/mol. The van der Waals surface area contributed by atoms with Crippen molar-refractivity contribution in [3.63, 3.8) is 0 Å². The van der Waals surface area contributed by atoms with E-state index in [1.165, 1.54) is 25.7 Å². The second kappa shape index (κ2) is 4.22. The van der Waals surface area contributed by atoms with Crippen LogP contribution in [0.3, 0.4) is 0 Å². The predicted octanol–water partition coefficient (Wildman–Crippen LogP) is 2.53. The van der Waals surface area contributed by atoms with Crippen LogP contribution in [0, 0.1) is 23.7 Å². The first-order valence-corrected chi connectivity index (χ1v) is 7.61. The first-order valence-electron chi connectivity index (χ1n) is 7.61. The van der Waals surface area contributed by atoms with E-state index in [1.54, 1.807) is 0 Å². The Morgan fingerprint density at radius 2 is 1.94 bits per heavy atom. The van der Waals surface area contributed by atoms with E-state index >= 15 is 0 Å². The van der Waals surface area contributed by atoms with Gasteiger partial charge in [-0.3, -0.25) is 4.79 Å². The summed E-state index contributed by atoms with van der Waals surface area (Å²) in [4.78, 5) is 12.0. The van der Waals surface area contributed by atoms with E-state index in [-0.39, 0.29) is 11.9 Å². The van der Waals surface area contributed by atoms with Gasteiger partial charge in [0.25, 0.3) is 0 Å². The molecule has 6 unspecified atom stereocenters. The summed E-state index contributed by atoms with van der Waals surface area (Å²) in [6, 6.07) is 0. The predicted molar refractivity (Wildman–Crippen MR) is 65.9 cm³/mol. The zero-order chi connectivity index (χ0) is 12.1. The fourth-order valence-electron chi connectivity index (χ4n) is 4.04. The van der Waals surface area contributed by atoms with Crippen molar-refractivity contribution in [3.05, 3.63) is 0 Å². The third-order valence-electron chi connectivity index (χ3n) is 5.45. The molecule has 0 aromatic heterocycles. The molecule has 4 aliphatic rings. The number of hydrogen-bond donors (Lipinski definition) is 0. The van der Waals surface area contributed by atoms with E-state index in [2.05, 4.69) is 0 Å². The molecule has 3 aliphatic carbocycles. The minimum atomic E-state index is 0.0434. The Morgan fingerprint density at radius 3 is 2.78 bits per heavy atom. The number of hydrogen-bond acceptors (Lipinski definition) is 3. The summed E-state index contributed by atoms with van der Waals surface area (Å²) in [6.07, 6.45) is 9.15. The zero-order valence-corrected chi connectivity index (χ0v) is 10.8. The van der Waals surface area contributed by atoms with E-state index < -0.39 is 0 Å². The van der Waals surface area contributed by atoms with Gasteiger partial charge in [-0.25, -0.2) is 0 Å². The molecular formula is C15H22O3. The van der Waals surface area contributed by atoms with Crippen molar-refractivity contribution in [1.82, 2.24) is 0 Å². The molecule has 3 heteroatoms. The second-order valence-corrected chi connectivity index (χ2v) is 6.79. The molecule has 0 aromatic carbocycles. The Kier molecular flexibility index (Phi) is 2.65. The van der Waals surface area contributed by atoms with Crippen molar-refractivity contribution < 1.29 is 14.3 Å². The first-order chi connectivity index (χ1) is 8.79. The molecule has 0 amide bonds. The van der Waals surface area contributed by atoms with Crippen molar-refractivity contribution in [2.75, 3.05) is 6.61 Å². The van der Waals surface area contributed by atoms with Gasteiger partial charge >= 0.3 is 5.97 Å². The average molecular weight is 250 g/mol. The molecule has 0 bridgehead atoms. The maximum absolute atomic E-state index is 12.0. The third kappa shape index (κ3) is 2.18. The summed E-state index contributed by atoms with van der Waals surface area (Å²) in [7, 11) is 0. The van der Waals surface area contributed by atoms with Gasteiger partial charge in [-0.2, -0.15) is 0 Å². The van der Waals surface area contributed by atoms with Crippen LogP contribution in [0.1, 0.15) is 44.9 Å². The Labute approximate surface area is 108 Å². The fourth-order valence-corrected chi connectivity index (χ4v) is 4.04. The summed E-state index contributed by atoms with van der Waals surface area (Å²) in [5, 5.41) is 0.